The average Bonchev–Trinajstić information content (AvgIpc) is 3.65. The van der Waals surface area contributed by atoms with E-state index in [4.69, 9.17) is 4.11 Å². The van der Waals surface area contributed by atoms with Crippen LogP contribution in [0.25, 0.3) is 27.6 Å². The fourth-order valence-corrected chi connectivity index (χ4v) is 6.50. The molecule has 6 heteroatoms. The number of hydrogen-bond acceptors (Lipinski definition) is 4. The van der Waals surface area contributed by atoms with Crippen LogP contribution in [0.2, 0.25) is 0 Å². The van der Waals surface area contributed by atoms with Crippen molar-refractivity contribution in [2.75, 3.05) is 21.4 Å². The molecule has 0 aliphatic carbocycles. The molecule has 0 unspecified atom stereocenters. The Labute approximate surface area is 295 Å². The van der Waals surface area contributed by atoms with Gasteiger partial charge in [0.2, 0.25) is 0 Å². The van der Waals surface area contributed by atoms with Gasteiger partial charge in [0.05, 0.1) is 18.0 Å². The van der Waals surface area contributed by atoms with Gasteiger partial charge >= 0.3 is 21.1 Å². The Bertz CT molecular complexity index is 2330. The van der Waals surface area contributed by atoms with E-state index in [1.807, 2.05) is 41.0 Å². The van der Waals surface area contributed by atoms with E-state index in [0.717, 1.165) is 50.2 Å². The third-order valence-corrected chi connectivity index (χ3v) is 8.65. The second kappa shape index (κ2) is 12.1. The summed E-state index contributed by atoms with van der Waals surface area (Å²) in [5.74, 6) is 0.532. The van der Waals surface area contributed by atoms with E-state index in [-0.39, 0.29) is 32.2 Å². The van der Waals surface area contributed by atoms with Crippen molar-refractivity contribution < 1.29 is 25.2 Å². The molecular weight excluding hydrogens is 758 g/mol. The summed E-state index contributed by atoms with van der Waals surface area (Å²) in [5, 5.41) is 2.04. The summed E-state index contributed by atoms with van der Waals surface area (Å²) >= 11 is 0. The van der Waals surface area contributed by atoms with Gasteiger partial charge in [0.1, 0.15) is 5.82 Å². The number of anilines is 6. The molecule has 1 aliphatic rings. The molecule has 1 aliphatic heterocycles. The summed E-state index contributed by atoms with van der Waals surface area (Å²) in [6.45, 7) is 5.19. The van der Waals surface area contributed by atoms with Crippen LogP contribution in [0, 0.1) is 19.0 Å². The number of rotatable bonds is 5. The topological polar surface area (TPSA) is 27.5 Å². The van der Waals surface area contributed by atoms with E-state index in [9.17, 15) is 0 Å². The van der Waals surface area contributed by atoms with Crippen LogP contribution in [0.3, 0.4) is 0 Å². The Morgan fingerprint density at radius 3 is 2.30 bits per heavy atom. The molecule has 234 valence electrons. The Morgan fingerprint density at radius 2 is 1.49 bits per heavy atom. The molecule has 0 bridgehead atoms. The first kappa shape index (κ1) is 27.3. The molecule has 47 heavy (non-hydrogen) atoms. The first-order chi connectivity index (χ1) is 23.6. The quantitative estimate of drug-likeness (QED) is 0.162. The Morgan fingerprint density at radius 1 is 0.745 bits per heavy atom. The van der Waals surface area contributed by atoms with Crippen LogP contribution in [-0.2, 0) is 21.1 Å². The minimum absolute atomic E-state index is 0. The van der Waals surface area contributed by atoms with Crippen molar-refractivity contribution in [1.82, 2.24) is 9.55 Å². The van der Waals surface area contributed by atoms with Crippen LogP contribution in [0.15, 0.2) is 128 Å². The van der Waals surface area contributed by atoms with Crippen molar-refractivity contribution in [3.63, 3.8) is 0 Å². The second-order valence-corrected chi connectivity index (χ2v) is 12.6. The average molecular weight is 796 g/mol. The number of nitrogens with zero attached hydrogens (tertiary/aromatic N) is 5. The molecule has 8 rings (SSSR count). The predicted octanol–water partition coefficient (Wildman–Crippen LogP) is 10.3. The molecule has 0 saturated heterocycles. The molecule has 0 spiro atoms. The van der Waals surface area contributed by atoms with Gasteiger partial charge in [-0.05, 0) is 81.0 Å². The zero-order valence-corrected chi connectivity index (χ0v) is 28.7. The predicted molar refractivity (Wildman–Crippen MR) is 191 cm³/mol. The number of benzene rings is 5. The number of aryl methyl sites for hydroxylation is 1. The molecular formula is C41H35N5Pt. The summed E-state index contributed by atoms with van der Waals surface area (Å²) in [5.41, 5.74) is 7.91. The summed E-state index contributed by atoms with van der Waals surface area (Å²) < 4.78 is 26.1. The molecule has 3 heterocycles. The van der Waals surface area contributed by atoms with Crippen molar-refractivity contribution in [1.29, 1.82) is 0 Å². The summed E-state index contributed by atoms with van der Waals surface area (Å²) in [6, 6.07) is 48.1. The first-order valence-corrected chi connectivity index (χ1v) is 15.5. The number of para-hydroxylation sites is 4. The number of fused-ring (bicyclic) bond motifs is 4. The van der Waals surface area contributed by atoms with Crippen molar-refractivity contribution in [2.45, 2.75) is 33.2 Å². The van der Waals surface area contributed by atoms with Crippen LogP contribution in [-0.4, -0.2) is 21.8 Å². The van der Waals surface area contributed by atoms with Gasteiger partial charge in [0.25, 0.3) is 0 Å². The fraction of sp³-hybridized carbons (Fsp3) is 0.146. The maximum atomic E-state index is 8.03. The second-order valence-electron chi connectivity index (χ2n) is 12.6. The van der Waals surface area contributed by atoms with E-state index in [2.05, 4.69) is 125 Å². The molecule has 0 atom stereocenters. The Balaban J connectivity index is 0.00000392. The van der Waals surface area contributed by atoms with Crippen LogP contribution >= 0.6 is 0 Å². The zero-order chi connectivity index (χ0) is 33.9. The number of aromatic nitrogens is 2. The monoisotopic (exact) mass is 795 g/mol. The molecule has 5 nitrogen and oxygen atoms in total. The van der Waals surface area contributed by atoms with Crippen molar-refractivity contribution in [3.05, 3.63) is 145 Å². The Hall–Kier alpha value is -4.86. The van der Waals surface area contributed by atoms with Gasteiger partial charge < -0.3 is 19.3 Å². The van der Waals surface area contributed by atoms with E-state index >= 15 is 0 Å². The number of hydrogen-bond donors (Lipinski definition) is 0. The molecule has 2 aromatic heterocycles. The van der Waals surface area contributed by atoms with E-state index in [1.54, 1.807) is 18.3 Å². The summed E-state index contributed by atoms with van der Waals surface area (Å²) in [4.78, 5) is 11.6. The fourth-order valence-electron chi connectivity index (χ4n) is 6.50. The van der Waals surface area contributed by atoms with Crippen LogP contribution in [0.1, 0.15) is 30.4 Å². The molecule has 0 N–H and O–H groups in total. The van der Waals surface area contributed by atoms with Crippen LogP contribution < -0.4 is 14.7 Å². The largest absolute Gasteiger partial charge is 2.00 e. The number of pyridine rings is 1. The molecule has 7 aromatic rings. The minimum atomic E-state index is -2.25. The minimum Gasteiger partial charge on any atom is -0.358 e. The third kappa shape index (κ3) is 5.39. The molecule has 0 fully saturated rings. The van der Waals surface area contributed by atoms with Gasteiger partial charge in [-0.1, -0.05) is 71.1 Å². The summed E-state index contributed by atoms with van der Waals surface area (Å²) in [7, 11) is 0. The van der Waals surface area contributed by atoms with Gasteiger partial charge in [-0.15, -0.1) is 35.7 Å². The van der Waals surface area contributed by atoms with Gasteiger partial charge in [0.15, 0.2) is 0 Å². The van der Waals surface area contributed by atoms with Gasteiger partial charge in [0, 0.05) is 27.1 Å². The van der Waals surface area contributed by atoms with Crippen LogP contribution in [0.5, 0.6) is 0 Å². The molecule has 0 saturated carbocycles. The standard InChI is InChI=1S/C41H35N5.Pt/c1-29-23-24-42-40(25-29)46-36-18-9-8-17-34(36)35-22-21-33(27-39(35)46)45(30-13-6-5-7-14-30)32-16-12-15-31(26-32)43-28-44(41(2,3)4)38-20-11-10-19-37(38)43;/h5-25H,28H2,1-4H3;/q-2;+2/i1D3;. The van der Waals surface area contributed by atoms with E-state index in [0.29, 0.717) is 12.5 Å². The van der Waals surface area contributed by atoms with Gasteiger partial charge in [-0.3, -0.25) is 0 Å². The first-order valence-electron chi connectivity index (χ1n) is 17.0. The van der Waals surface area contributed by atoms with Crippen LogP contribution in [0.4, 0.5) is 34.1 Å². The van der Waals surface area contributed by atoms with Gasteiger partial charge in [-0.25, -0.2) is 4.98 Å². The molecule has 0 radical (unpaired) electrons. The zero-order valence-electron chi connectivity index (χ0n) is 29.4. The molecule has 5 aromatic carbocycles. The van der Waals surface area contributed by atoms with Crippen molar-refractivity contribution in [3.8, 4) is 5.82 Å². The third-order valence-electron chi connectivity index (χ3n) is 8.65. The summed E-state index contributed by atoms with van der Waals surface area (Å²) in [6.07, 6.45) is 1.56. The maximum absolute atomic E-state index is 8.03. The normalized spacial score (nSPS) is 14.0. The SMILES string of the molecule is [2H]C([2H])([2H])c1ccnc(-n2c3[c-]c(N(c4[c-]c(N5CN(C(C)(C)C)c6ccccc65)ccc4)c4ccccc4)ccc3c3ccccc32)c1.[Pt+2]. The van der Waals surface area contributed by atoms with Gasteiger partial charge in [-0.2, -0.15) is 12.1 Å². The molecule has 0 amide bonds. The van der Waals surface area contributed by atoms with Crippen molar-refractivity contribution >= 4 is 55.9 Å². The van der Waals surface area contributed by atoms with E-state index < -0.39 is 6.85 Å². The Kier molecular flexibility index (Phi) is 7.00. The smallest absolute Gasteiger partial charge is 0.358 e. The van der Waals surface area contributed by atoms with E-state index in [1.165, 1.54) is 5.69 Å². The van der Waals surface area contributed by atoms with Crippen molar-refractivity contribution in [2.24, 2.45) is 0 Å². The maximum Gasteiger partial charge on any atom is 2.00 e.